The summed E-state index contributed by atoms with van der Waals surface area (Å²) in [5.74, 6) is -0.945. The number of phosphoric ester groups is 1. The second-order valence-electron chi connectivity index (χ2n) is 14.2. The minimum atomic E-state index is -4.62. The van der Waals surface area contributed by atoms with Crippen molar-refractivity contribution in [2.75, 3.05) is 26.4 Å². The lowest BCUT2D eigenvalue weighted by molar-refractivity contribution is -0.373. The van der Waals surface area contributed by atoms with Gasteiger partial charge in [-0.3, -0.25) is 19.4 Å². The standard InChI is InChI=1S/C43H78NO10P/c1-3-5-7-8-9-10-11-12-13-14-17-20-23-26-30-34-42(45)50-38-41(39-52-55(48,49)51-37-36-44)53-43(46)35-31-27-24-21-18-15-16-19-22-25-29-33-40(54-47)32-28-6-4-2/h15-16,21-22,24-25,29,33,40-41,47H,3-14,17-20,23,26-28,30-32,34-39,44H2,1-2H3,(H,48,49)/b16-15-,24-21-,25-22-,33-29+/t40?,41-/m1/s1. The predicted molar refractivity (Wildman–Crippen MR) is 219 cm³/mol. The second-order valence-corrected chi connectivity index (χ2v) is 15.6. The van der Waals surface area contributed by atoms with E-state index in [-0.39, 0.29) is 38.7 Å². The van der Waals surface area contributed by atoms with Crippen molar-refractivity contribution in [3.8, 4) is 0 Å². The molecule has 4 N–H and O–H groups in total. The highest BCUT2D eigenvalue weighted by Crippen LogP contribution is 2.38. The van der Waals surface area contributed by atoms with E-state index in [9.17, 15) is 19.0 Å². The number of phosphoric acid groups is 1. The zero-order chi connectivity index (χ0) is 40.5. The van der Waals surface area contributed by atoms with Gasteiger partial charge in [-0.1, -0.05) is 172 Å². The summed E-state index contributed by atoms with van der Waals surface area (Å²) < 4.78 is 32.4. The molecule has 2 unspecified atom stereocenters. The normalized spacial score (nSPS) is 14.3. The molecule has 0 bridgehead atoms. The van der Waals surface area contributed by atoms with E-state index < -0.39 is 32.5 Å². The fraction of sp³-hybridized carbons (Fsp3) is 0.767. The Balaban J connectivity index is 4.34. The number of quaternary nitrogens is 1. The van der Waals surface area contributed by atoms with Gasteiger partial charge in [-0.2, -0.15) is 0 Å². The molecule has 0 spiro atoms. The molecule has 320 valence electrons. The highest BCUT2D eigenvalue weighted by Gasteiger charge is 2.21. The topological polar surface area (TPSA) is 168 Å². The zero-order valence-electron chi connectivity index (χ0n) is 34.6. The smallest absolute Gasteiger partial charge is 0.306 e. The van der Waals surface area contributed by atoms with Crippen molar-refractivity contribution in [1.82, 2.24) is 0 Å². The molecule has 12 heteroatoms. The van der Waals surface area contributed by atoms with Gasteiger partial charge in [-0.25, -0.2) is 4.89 Å². The molecular formula is C43H78NO10P. The summed E-state index contributed by atoms with van der Waals surface area (Å²) in [4.78, 5) is 41.5. The minimum Gasteiger partial charge on any atom is -0.756 e. The average Bonchev–Trinajstić information content (AvgIpc) is 3.17. The summed E-state index contributed by atoms with van der Waals surface area (Å²) >= 11 is 0. The number of unbranched alkanes of at least 4 members (excludes halogenated alkanes) is 17. The van der Waals surface area contributed by atoms with Crippen molar-refractivity contribution in [2.24, 2.45) is 0 Å². The molecule has 0 aromatic heterocycles. The van der Waals surface area contributed by atoms with Crippen LogP contribution in [-0.4, -0.2) is 55.8 Å². The molecule has 0 radical (unpaired) electrons. The van der Waals surface area contributed by atoms with E-state index in [1.807, 2.05) is 36.5 Å². The number of ether oxygens (including phenoxy) is 2. The predicted octanol–water partition coefficient (Wildman–Crippen LogP) is 10.1. The van der Waals surface area contributed by atoms with E-state index in [1.54, 1.807) is 0 Å². The Hall–Kier alpha value is -2.11. The lowest BCUT2D eigenvalue weighted by atomic mass is 10.0. The SMILES string of the molecule is CCCCCCCCCCCCCCCCCC(=O)OC[C@H](COP(=O)([O-])OCC[NH3+])OC(=O)CCC/C=C\C/C=C\C/C=C\C=C\C(CCCCC)OO. The van der Waals surface area contributed by atoms with Crippen LogP contribution in [0.3, 0.4) is 0 Å². The quantitative estimate of drug-likeness (QED) is 0.0116. The van der Waals surface area contributed by atoms with Gasteiger partial charge in [0.15, 0.2) is 6.10 Å². The van der Waals surface area contributed by atoms with Crippen LogP contribution in [0, 0.1) is 0 Å². The number of esters is 2. The van der Waals surface area contributed by atoms with Crippen LogP contribution in [0.15, 0.2) is 48.6 Å². The number of allylic oxidation sites excluding steroid dienone is 7. The first-order valence-corrected chi connectivity index (χ1v) is 22.9. The highest BCUT2D eigenvalue weighted by molar-refractivity contribution is 7.45. The number of hydrogen-bond donors (Lipinski definition) is 2. The Bertz CT molecular complexity index is 1060. The third-order valence-electron chi connectivity index (χ3n) is 8.95. The summed E-state index contributed by atoms with van der Waals surface area (Å²) in [7, 11) is -4.62. The van der Waals surface area contributed by atoms with Gasteiger partial charge in [0.2, 0.25) is 0 Å². The molecule has 0 saturated carbocycles. The molecular weight excluding hydrogens is 721 g/mol. The highest BCUT2D eigenvalue weighted by atomic mass is 31.2. The second kappa shape index (κ2) is 40.1. The molecule has 0 amide bonds. The summed E-state index contributed by atoms with van der Waals surface area (Å²) in [5.41, 5.74) is 3.54. The van der Waals surface area contributed by atoms with Gasteiger partial charge >= 0.3 is 11.9 Å². The maximum absolute atomic E-state index is 12.5. The molecule has 0 saturated heterocycles. The van der Waals surface area contributed by atoms with Crippen LogP contribution in [0.2, 0.25) is 0 Å². The molecule has 0 heterocycles. The maximum Gasteiger partial charge on any atom is 0.306 e. The van der Waals surface area contributed by atoms with Crippen LogP contribution in [-0.2, 0) is 37.6 Å². The van der Waals surface area contributed by atoms with E-state index in [2.05, 4.69) is 36.6 Å². The Morgan fingerprint density at radius 2 is 1.22 bits per heavy atom. The fourth-order valence-corrected chi connectivity index (χ4v) is 6.48. The lowest BCUT2D eigenvalue weighted by Gasteiger charge is -2.25. The first kappa shape index (κ1) is 52.9. The van der Waals surface area contributed by atoms with E-state index in [1.165, 1.54) is 77.0 Å². The van der Waals surface area contributed by atoms with Crippen molar-refractivity contribution in [2.45, 2.75) is 187 Å². The van der Waals surface area contributed by atoms with E-state index in [0.717, 1.165) is 51.4 Å². The van der Waals surface area contributed by atoms with Gasteiger partial charge in [0.25, 0.3) is 7.82 Å². The zero-order valence-corrected chi connectivity index (χ0v) is 35.4. The van der Waals surface area contributed by atoms with E-state index in [4.69, 9.17) is 23.8 Å². The Morgan fingerprint density at radius 3 is 1.82 bits per heavy atom. The summed E-state index contributed by atoms with van der Waals surface area (Å²) in [5, 5.41) is 8.99. The van der Waals surface area contributed by atoms with Crippen molar-refractivity contribution in [3.05, 3.63) is 48.6 Å². The van der Waals surface area contributed by atoms with Gasteiger partial charge in [0, 0.05) is 12.8 Å². The van der Waals surface area contributed by atoms with Crippen LogP contribution in [0.4, 0.5) is 0 Å². The number of hydrogen-bond acceptors (Lipinski definition) is 10. The summed E-state index contributed by atoms with van der Waals surface area (Å²) in [6.07, 6.45) is 40.2. The van der Waals surface area contributed by atoms with Crippen molar-refractivity contribution >= 4 is 19.8 Å². The van der Waals surface area contributed by atoms with Gasteiger partial charge in [-0.05, 0) is 38.5 Å². The molecule has 0 aliphatic carbocycles. The van der Waals surface area contributed by atoms with Crippen LogP contribution < -0.4 is 10.6 Å². The largest absolute Gasteiger partial charge is 0.756 e. The molecule has 11 nitrogen and oxygen atoms in total. The molecule has 0 aromatic carbocycles. The summed E-state index contributed by atoms with van der Waals surface area (Å²) in [6, 6.07) is 0. The van der Waals surface area contributed by atoms with E-state index in [0.29, 0.717) is 19.3 Å². The third-order valence-corrected chi connectivity index (χ3v) is 9.92. The Kier molecular flexibility index (Phi) is 38.6. The molecule has 55 heavy (non-hydrogen) atoms. The average molecular weight is 800 g/mol. The van der Waals surface area contributed by atoms with Crippen molar-refractivity contribution in [1.29, 1.82) is 0 Å². The number of carbonyl (C=O) groups is 2. The Morgan fingerprint density at radius 1 is 0.673 bits per heavy atom. The van der Waals surface area contributed by atoms with Gasteiger partial charge in [0.05, 0.1) is 13.2 Å². The first-order valence-electron chi connectivity index (χ1n) is 21.5. The first-order chi connectivity index (χ1) is 26.8. The monoisotopic (exact) mass is 800 g/mol. The lowest BCUT2D eigenvalue weighted by Crippen LogP contribution is -2.52. The third kappa shape index (κ3) is 38.5. The molecule has 0 aliphatic rings. The Labute approximate surface area is 334 Å². The number of carbonyl (C=O) groups excluding carboxylic acids is 2. The van der Waals surface area contributed by atoms with Crippen LogP contribution in [0.25, 0.3) is 0 Å². The molecule has 0 rings (SSSR count). The summed E-state index contributed by atoms with van der Waals surface area (Å²) in [6.45, 7) is 3.70. The van der Waals surface area contributed by atoms with Gasteiger partial charge in [0.1, 0.15) is 19.3 Å². The maximum atomic E-state index is 12.5. The van der Waals surface area contributed by atoms with Crippen LogP contribution in [0.5, 0.6) is 0 Å². The number of rotatable bonds is 40. The van der Waals surface area contributed by atoms with Crippen LogP contribution in [0.1, 0.15) is 174 Å². The fourth-order valence-electron chi connectivity index (χ4n) is 5.70. The van der Waals surface area contributed by atoms with E-state index >= 15 is 0 Å². The van der Waals surface area contributed by atoms with Crippen molar-refractivity contribution in [3.63, 3.8) is 0 Å². The minimum absolute atomic E-state index is 0.121. The molecule has 3 atom stereocenters. The van der Waals surface area contributed by atoms with Crippen molar-refractivity contribution < 1.29 is 53.4 Å². The van der Waals surface area contributed by atoms with Gasteiger partial charge in [-0.15, -0.1) is 0 Å². The van der Waals surface area contributed by atoms with Gasteiger partial charge < -0.3 is 29.1 Å². The molecule has 0 aliphatic heterocycles. The molecule has 0 fully saturated rings. The molecule has 0 aromatic rings. The van der Waals surface area contributed by atoms with Crippen LogP contribution >= 0.6 is 7.82 Å².